The van der Waals surface area contributed by atoms with E-state index in [0.29, 0.717) is 26.1 Å². The maximum Gasteiger partial charge on any atom is 0.243 e. The molecule has 3 rings (SSSR count). The van der Waals surface area contributed by atoms with Gasteiger partial charge in [0, 0.05) is 26.2 Å². The van der Waals surface area contributed by atoms with Gasteiger partial charge >= 0.3 is 0 Å². The van der Waals surface area contributed by atoms with E-state index in [-0.39, 0.29) is 4.90 Å². The van der Waals surface area contributed by atoms with E-state index in [2.05, 4.69) is 29.2 Å². The average Bonchev–Trinajstić information content (AvgIpc) is 2.85. The van der Waals surface area contributed by atoms with Crippen molar-refractivity contribution < 1.29 is 17.2 Å². The number of rotatable bonds is 4. The minimum atomic E-state index is -3.83. The van der Waals surface area contributed by atoms with Crippen LogP contribution in [0.2, 0.25) is 0 Å². The van der Waals surface area contributed by atoms with Crippen molar-refractivity contribution in [1.82, 2.24) is 9.21 Å². The lowest BCUT2D eigenvalue weighted by Crippen LogP contribution is -2.35. The zero-order valence-corrected chi connectivity index (χ0v) is 15.5. The molecule has 0 radical (unpaired) electrons. The van der Waals surface area contributed by atoms with Gasteiger partial charge in [0.25, 0.3) is 0 Å². The molecule has 0 aromatic heterocycles. The second-order valence-corrected chi connectivity index (χ2v) is 8.53. The zero-order valence-electron chi connectivity index (χ0n) is 14.7. The number of nitrogens with zero attached hydrogens (tertiary/aromatic N) is 2. The van der Waals surface area contributed by atoms with E-state index in [9.17, 15) is 17.2 Å². The van der Waals surface area contributed by atoms with E-state index in [1.807, 2.05) is 6.92 Å². The van der Waals surface area contributed by atoms with E-state index in [1.54, 1.807) is 0 Å². The molecule has 0 unspecified atom stereocenters. The van der Waals surface area contributed by atoms with Crippen LogP contribution in [0.15, 0.2) is 47.4 Å². The molecule has 2 aromatic carbocycles. The van der Waals surface area contributed by atoms with Crippen LogP contribution in [0.25, 0.3) is 0 Å². The Hall–Kier alpha value is -1.83. The molecule has 1 aliphatic rings. The number of sulfonamides is 1. The fourth-order valence-electron chi connectivity index (χ4n) is 3.08. The summed E-state index contributed by atoms with van der Waals surface area (Å²) in [5.74, 6) is -2.20. The smallest absolute Gasteiger partial charge is 0.243 e. The highest BCUT2D eigenvalue weighted by atomic mass is 32.2. The van der Waals surface area contributed by atoms with Crippen LogP contribution >= 0.6 is 0 Å². The van der Waals surface area contributed by atoms with Crippen LogP contribution in [0.1, 0.15) is 17.5 Å². The van der Waals surface area contributed by atoms with E-state index < -0.39 is 21.7 Å². The van der Waals surface area contributed by atoms with Gasteiger partial charge in [0.2, 0.25) is 10.0 Å². The Bertz CT molecular complexity index is 870. The number of halogens is 2. The molecular formula is C19H22F2N2O2S. The van der Waals surface area contributed by atoms with Crippen molar-refractivity contribution in [2.75, 3.05) is 26.2 Å². The van der Waals surface area contributed by atoms with Crippen LogP contribution in [-0.2, 0) is 16.6 Å². The van der Waals surface area contributed by atoms with Crippen molar-refractivity contribution in [3.63, 3.8) is 0 Å². The Morgan fingerprint density at radius 3 is 2.35 bits per heavy atom. The normalized spacial score (nSPS) is 17.2. The Morgan fingerprint density at radius 1 is 0.923 bits per heavy atom. The number of hydrogen-bond donors (Lipinski definition) is 0. The van der Waals surface area contributed by atoms with Crippen LogP contribution < -0.4 is 0 Å². The molecule has 4 nitrogen and oxygen atoms in total. The largest absolute Gasteiger partial charge is 0.298 e. The second kappa shape index (κ2) is 7.82. The van der Waals surface area contributed by atoms with Crippen LogP contribution in [0.4, 0.5) is 8.78 Å². The van der Waals surface area contributed by atoms with Crippen LogP contribution in [0, 0.1) is 18.6 Å². The molecule has 0 aliphatic carbocycles. The summed E-state index contributed by atoms with van der Waals surface area (Å²) in [5.41, 5.74) is 2.39. The van der Waals surface area contributed by atoms with Gasteiger partial charge in [0.1, 0.15) is 0 Å². The van der Waals surface area contributed by atoms with Gasteiger partial charge in [0.15, 0.2) is 11.6 Å². The van der Waals surface area contributed by atoms with Crippen LogP contribution in [0.5, 0.6) is 0 Å². The molecule has 0 bridgehead atoms. The fraction of sp³-hybridized carbons (Fsp3) is 0.368. The number of benzene rings is 2. The molecule has 7 heteroatoms. The first-order valence-electron chi connectivity index (χ1n) is 8.59. The Balaban J connectivity index is 1.69. The van der Waals surface area contributed by atoms with E-state index in [0.717, 1.165) is 31.3 Å². The van der Waals surface area contributed by atoms with Gasteiger partial charge in [-0.1, -0.05) is 29.8 Å². The maximum atomic E-state index is 13.4. The molecule has 1 saturated heterocycles. The maximum absolute atomic E-state index is 13.4. The predicted octanol–water partition coefficient (Wildman–Crippen LogP) is 3.17. The van der Waals surface area contributed by atoms with Gasteiger partial charge in [-0.05, 0) is 43.7 Å². The highest BCUT2D eigenvalue weighted by Crippen LogP contribution is 2.20. The van der Waals surface area contributed by atoms with Gasteiger partial charge < -0.3 is 0 Å². The third kappa shape index (κ3) is 4.28. The molecule has 0 spiro atoms. The van der Waals surface area contributed by atoms with Crippen molar-refractivity contribution in [2.24, 2.45) is 0 Å². The minimum absolute atomic E-state index is 0.205. The van der Waals surface area contributed by atoms with Gasteiger partial charge in [-0.3, -0.25) is 4.90 Å². The summed E-state index contributed by atoms with van der Waals surface area (Å²) in [6.07, 6.45) is 0.689. The first-order valence-corrected chi connectivity index (χ1v) is 10.0. The number of aryl methyl sites for hydroxylation is 1. The summed E-state index contributed by atoms with van der Waals surface area (Å²) in [6.45, 7) is 4.88. The standard InChI is InChI=1S/C19H22F2N2O2S/c1-15-3-5-16(6-4-15)14-22-9-2-10-23(12-11-22)26(24,25)17-7-8-18(20)19(21)13-17/h3-8,13H,2,9-12,14H2,1H3. The molecule has 0 saturated carbocycles. The van der Waals surface area contributed by atoms with Crippen molar-refractivity contribution in [3.8, 4) is 0 Å². The van der Waals surface area contributed by atoms with Crippen LogP contribution in [0.3, 0.4) is 0 Å². The van der Waals surface area contributed by atoms with Crippen molar-refractivity contribution in [1.29, 1.82) is 0 Å². The molecule has 1 aliphatic heterocycles. The summed E-state index contributed by atoms with van der Waals surface area (Å²) in [7, 11) is -3.83. The zero-order chi connectivity index (χ0) is 18.7. The quantitative estimate of drug-likeness (QED) is 0.818. The highest BCUT2D eigenvalue weighted by molar-refractivity contribution is 7.89. The molecule has 1 heterocycles. The summed E-state index contributed by atoms with van der Waals surface area (Å²) in [5, 5.41) is 0. The van der Waals surface area contributed by atoms with Crippen molar-refractivity contribution in [2.45, 2.75) is 24.8 Å². The molecule has 26 heavy (non-hydrogen) atoms. The Kier molecular flexibility index (Phi) is 5.70. The molecule has 1 fully saturated rings. The van der Waals surface area contributed by atoms with Crippen molar-refractivity contribution in [3.05, 3.63) is 65.2 Å². The van der Waals surface area contributed by atoms with Crippen LogP contribution in [-0.4, -0.2) is 43.8 Å². The SMILES string of the molecule is Cc1ccc(CN2CCCN(S(=O)(=O)c3ccc(F)c(F)c3)CC2)cc1. The topological polar surface area (TPSA) is 40.6 Å². The number of hydrogen-bond acceptors (Lipinski definition) is 3. The highest BCUT2D eigenvalue weighted by Gasteiger charge is 2.27. The van der Waals surface area contributed by atoms with E-state index >= 15 is 0 Å². The average molecular weight is 380 g/mol. The van der Waals surface area contributed by atoms with Gasteiger partial charge in [-0.25, -0.2) is 17.2 Å². The van der Waals surface area contributed by atoms with Crippen molar-refractivity contribution >= 4 is 10.0 Å². The second-order valence-electron chi connectivity index (χ2n) is 6.60. The summed E-state index contributed by atoms with van der Waals surface area (Å²) in [4.78, 5) is 2.01. The molecular weight excluding hydrogens is 358 g/mol. The summed E-state index contributed by atoms with van der Waals surface area (Å²) >= 11 is 0. The third-order valence-electron chi connectivity index (χ3n) is 4.60. The lowest BCUT2D eigenvalue weighted by atomic mass is 10.1. The Labute approximate surface area is 153 Å². The fourth-order valence-corrected chi connectivity index (χ4v) is 4.57. The third-order valence-corrected chi connectivity index (χ3v) is 6.50. The molecule has 0 N–H and O–H groups in total. The van der Waals surface area contributed by atoms with E-state index in [1.165, 1.54) is 15.4 Å². The van der Waals surface area contributed by atoms with Gasteiger partial charge in [0.05, 0.1) is 4.90 Å². The first kappa shape index (κ1) is 18.9. The lowest BCUT2D eigenvalue weighted by Gasteiger charge is -2.22. The molecule has 0 atom stereocenters. The minimum Gasteiger partial charge on any atom is -0.298 e. The molecule has 140 valence electrons. The van der Waals surface area contributed by atoms with Gasteiger partial charge in [-0.15, -0.1) is 0 Å². The first-order chi connectivity index (χ1) is 12.4. The molecule has 2 aromatic rings. The van der Waals surface area contributed by atoms with E-state index in [4.69, 9.17) is 0 Å². The molecule has 0 amide bonds. The predicted molar refractivity (Wildman–Crippen MR) is 96.2 cm³/mol. The summed E-state index contributed by atoms with van der Waals surface area (Å²) < 4.78 is 53.3. The monoisotopic (exact) mass is 380 g/mol. The van der Waals surface area contributed by atoms with Gasteiger partial charge in [-0.2, -0.15) is 4.31 Å². The summed E-state index contributed by atoms with van der Waals surface area (Å²) in [6, 6.07) is 11.0. The Morgan fingerprint density at radius 2 is 1.65 bits per heavy atom. The lowest BCUT2D eigenvalue weighted by molar-refractivity contribution is 0.278.